The maximum Gasteiger partial charge on any atom is 0.326 e. The van der Waals surface area contributed by atoms with E-state index in [1.165, 1.54) is 22.2 Å². The maximum atomic E-state index is 12.4. The number of hydrogen-bond donors (Lipinski definition) is 0. The van der Waals surface area contributed by atoms with Gasteiger partial charge in [-0.25, -0.2) is 0 Å². The molecule has 0 unspecified atom stereocenters. The van der Waals surface area contributed by atoms with Gasteiger partial charge in [0.25, 0.3) is 5.91 Å². The van der Waals surface area contributed by atoms with Gasteiger partial charge in [0.1, 0.15) is 10.9 Å². The Labute approximate surface area is 145 Å². The summed E-state index contributed by atoms with van der Waals surface area (Å²) in [5, 5.41) is 0. The molecule has 0 saturated carbocycles. The predicted molar refractivity (Wildman–Crippen MR) is 96.9 cm³/mol. The quantitative estimate of drug-likeness (QED) is 0.447. The zero-order valence-electron chi connectivity index (χ0n) is 13.2. The van der Waals surface area contributed by atoms with Gasteiger partial charge in [-0.3, -0.25) is 14.5 Å². The Morgan fingerprint density at radius 3 is 2.61 bits per heavy atom. The molecule has 0 radical (unpaired) electrons. The van der Waals surface area contributed by atoms with Crippen molar-refractivity contribution < 1.29 is 14.3 Å². The molecule has 0 N–H and O–H groups in total. The standard InChI is InChI=1S/C17H19NO3S2/c1-3-9-21-15(19)11-18-16(20)14(23-17(18)22)10-13-7-5-12(4-2)6-8-13/h5-8,10H,3-4,9,11H2,1-2H3/b14-10-. The molecule has 23 heavy (non-hydrogen) atoms. The van der Waals surface area contributed by atoms with E-state index >= 15 is 0 Å². The van der Waals surface area contributed by atoms with E-state index in [2.05, 4.69) is 6.92 Å². The third-order valence-corrected chi connectivity index (χ3v) is 4.69. The zero-order chi connectivity index (χ0) is 16.8. The van der Waals surface area contributed by atoms with Crippen molar-refractivity contribution in [2.24, 2.45) is 0 Å². The number of benzene rings is 1. The van der Waals surface area contributed by atoms with Crippen LogP contribution in [0.3, 0.4) is 0 Å². The molecule has 0 aromatic heterocycles. The molecule has 122 valence electrons. The Balaban J connectivity index is 2.07. The van der Waals surface area contributed by atoms with Crippen molar-refractivity contribution in [2.45, 2.75) is 26.7 Å². The zero-order valence-corrected chi connectivity index (χ0v) is 14.8. The molecule has 6 heteroatoms. The van der Waals surface area contributed by atoms with Gasteiger partial charge in [-0.15, -0.1) is 0 Å². The largest absolute Gasteiger partial charge is 0.464 e. The number of aryl methyl sites for hydroxylation is 1. The fraction of sp³-hybridized carbons (Fsp3) is 0.353. The van der Waals surface area contributed by atoms with Gasteiger partial charge in [-0.05, 0) is 30.0 Å². The van der Waals surface area contributed by atoms with Gasteiger partial charge in [0.15, 0.2) is 0 Å². The molecule has 1 fully saturated rings. The van der Waals surface area contributed by atoms with E-state index < -0.39 is 5.97 Å². The van der Waals surface area contributed by atoms with Crippen molar-refractivity contribution in [1.82, 2.24) is 4.90 Å². The Kier molecular flexibility index (Phi) is 6.36. The third-order valence-electron chi connectivity index (χ3n) is 3.31. The average molecular weight is 349 g/mol. The van der Waals surface area contributed by atoms with E-state index in [4.69, 9.17) is 17.0 Å². The molecule has 1 aliphatic heterocycles. The second-order valence-corrected chi connectivity index (χ2v) is 6.76. The van der Waals surface area contributed by atoms with Gasteiger partial charge in [0.2, 0.25) is 0 Å². The molecular formula is C17H19NO3S2. The number of rotatable bonds is 6. The highest BCUT2D eigenvalue weighted by Crippen LogP contribution is 2.32. The Morgan fingerprint density at radius 1 is 1.30 bits per heavy atom. The van der Waals surface area contributed by atoms with Gasteiger partial charge < -0.3 is 4.74 Å². The number of esters is 1. The first-order chi connectivity index (χ1) is 11.0. The smallest absolute Gasteiger partial charge is 0.326 e. The lowest BCUT2D eigenvalue weighted by Crippen LogP contribution is -2.34. The molecule has 1 aliphatic rings. The van der Waals surface area contributed by atoms with Crippen molar-refractivity contribution in [2.75, 3.05) is 13.2 Å². The number of thioether (sulfide) groups is 1. The SMILES string of the molecule is CCCOC(=O)CN1C(=O)/C(=C/c2ccc(CC)cc2)SC1=S. The Morgan fingerprint density at radius 2 is 2.00 bits per heavy atom. The van der Waals surface area contributed by atoms with E-state index in [1.807, 2.05) is 31.2 Å². The molecule has 0 aliphatic carbocycles. The third kappa shape index (κ3) is 4.65. The summed E-state index contributed by atoms with van der Waals surface area (Å²) >= 11 is 6.41. The molecule has 1 amide bonds. The molecule has 0 bridgehead atoms. The van der Waals surface area contributed by atoms with Crippen LogP contribution in [-0.2, 0) is 20.7 Å². The summed E-state index contributed by atoms with van der Waals surface area (Å²) in [7, 11) is 0. The maximum absolute atomic E-state index is 12.4. The summed E-state index contributed by atoms with van der Waals surface area (Å²) in [4.78, 5) is 25.9. The molecule has 0 atom stereocenters. The van der Waals surface area contributed by atoms with Crippen LogP contribution in [0.4, 0.5) is 0 Å². The number of ether oxygens (including phenoxy) is 1. The second kappa shape index (κ2) is 8.26. The Bertz CT molecular complexity index is 638. The van der Waals surface area contributed by atoms with E-state index in [1.54, 1.807) is 6.08 Å². The summed E-state index contributed by atoms with van der Waals surface area (Å²) in [6.45, 7) is 4.24. The first kappa shape index (κ1) is 17.7. The monoisotopic (exact) mass is 349 g/mol. The van der Waals surface area contributed by atoms with Gasteiger partial charge in [0.05, 0.1) is 11.5 Å². The molecule has 2 rings (SSSR count). The van der Waals surface area contributed by atoms with Crippen molar-refractivity contribution >= 4 is 46.3 Å². The fourth-order valence-corrected chi connectivity index (χ4v) is 3.28. The summed E-state index contributed by atoms with van der Waals surface area (Å²) in [5.41, 5.74) is 2.18. The first-order valence-corrected chi connectivity index (χ1v) is 8.77. The highest BCUT2D eigenvalue weighted by molar-refractivity contribution is 8.26. The van der Waals surface area contributed by atoms with Gasteiger partial charge in [0, 0.05) is 0 Å². The number of amides is 1. The van der Waals surface area contributed by atoms with Crippen LogP contribution in [0.5, 0.6) is 0 Å². The molecule has 4 nitrogen and oxygen atoms in total. The summed E-state index contributed by atoms with van der Waals surface area (Å²) in [6.07, 6.45) is 3.52. The minimum absolute atomic E-state index is 0.128. The normalized spacial score (nSPS) is 16.3. The van der Waals surface area contributed by atoms with Crippen LogP contribution in [0.15, 0.2) is 29.2 Å². The lowest BCUT2D eigenvalue weighted by Gasteiger charge is -2.13. The van der Waals surface area contributed by atoms with E-state index in [9.17, 15) is 9.59 Å². The van der Waals surface area contributed by atoms with Crippen LogP contribution >= 0.6 is 24.0 Å². The molecule has 1 aromatic carbocycles. The van der Waals surface area contributed by atoms with Gasteiger partial charge in [-0.1, -0.05) is 62.1 Å². The molecule has 1 saturated heterocycles. The van der Waals surface area contributed by atoms with Crippen molar-refractivity contribution in [3.8, 4) is 0 Å². The van der Waals surface area contributed by atoms with Crippen LogP contribution in [0, 0.1) is 0 Å². The van der Waals surface area contributed by atoms with Crippen molar-refractivity contribution in [3.05, 3.63) is 40.3 Å². The lowest BCUT2D eigenvalue weighted by atomic mass is 10.1. The number of carbonyl (C=O) groups is 2. The summed E-state index contributed by atoms with van der Waals surface area (Å²) < 4.78 is 5.40. The number of hydrogen-bond acceptors (Lipinski definition) is 5. The molecular weight excluding hydrogens is 330 g/mol. The van der Waals surface area contributed by atoms with Crippen molar-refractivity contribution in [3.63, 3.8) is 0 Å². The van der Waals surface area contributed by atoms with Gasteiger partial charge in [-0.2, -0.15) is 0 Å². The van der Waals surface area contributed by atoms with E-state index in [0.717, 1.165) is 18.4 Å². The highest BCUT2D eigenvalue weighted by Gasteiger charge is 2.33. The van der Waals surface area contributed by atoms with Crippen LogP contribution in [0.25, 0.3) is 6.08 Å². The molecule has 1 aromatic rings. The lowest BCUT2D eigenvalue weighted by molar-refractivity contribution is -0.146. The highest BCUT2D eigenvalue weighted by atomic mass is 32.2. The summed E-state index contributed by atoms with van der Waals surface area (Å²) in [6, 6.07) is 8.02. The van der Waals surface area contributed by atoms with Crippen LogP contribution in [0.2, 0.25) is 0 Å². The molecule has 0 spiro atoms. The average Bonchev–Trinajstić information content (AvgIpc) is 2.81. The first-order valence-electron chi connectivity index (χ1n) is 7.55. The van der Waals surface area contributed by atoms with Crippen LogP contribution < -0.4 is 0 Å². The molecule has 1 heterocycles. The van der Waals surface area contributed by atoms with Gasteiger partial charge >= 0.3 is 5.97 Å². The summed E-state index contributed by atoms with van der Waals surface area (Å²) in [5.74, 6) is -0.676. The van der Waals surface area contributed by atoms with Crippen LogP contribution in [-0.4, -0.2) is 34.2 Å². The second-order valence-electron chi connectivity index (χ2n) is 5.08. The topological polar surface area (TPSA) is 46.6 Å². The minimum atomic E-state index is -0.434. The fourth-order valence-electron chi connectivity index (χ4n) is 2.03. The van der Waals surface area contributed by atoms with E-state index in [0.29, 0.717) is 15.8 Å². The van der Waals surface area contributed by atoms with Crippen LogP contribution in [0.1, 0.15) is 31.4 Å². The predicted octanol–water partition coefficient (Wildman–Crippen LogP) is 3.40. The number of carbonyl (C=O) groups excluding carboxylic acids is 2. The number of nitrogens with zero attached hydrogens (tertiary/aromatic N) is 1. The van der Waals surface area contributed by atoms with E-state index in [-0.39, 0.29) is 12.5 Å². The minimum Gasteiger partial charge on any atom is -0.464 e. The Hall–Kier alpha value is -1.66. The van der Waals surface area contributed by atoms with Crippen molar-refractivity contribution in [1.29, 1.82) is 0 Å². The number of thiocarbonyl (C=S) groups is 1.